The van der Waals surface area contributed by atoms with Crippen molar-refractivity contribution in [2.24, 2.45) is 0 Å². The molecule has 2 nitrogen and oxygen atoms in total. The van der Waals surface area contributed by atoms with Gasteiger partial charge in [0, 0.05) is 16.6 Å². The second kappa shape index (κ2) is 7.67. The van der Waals surface area contributed by atoms with Gasteiger partial charge >= 0.3 is 0 Å². The Morgan fingerprint density at radius 1 is 0.955 bits per heavy atom. The molecule has 3 rings (SSSR count). The second-order valence-electron chi connectivity index (χ2n) is 5.34. The van der Waals surface area contributed by atoms with Crippen LogP contribution in [0, 0.1) is 0 Å². The van der Waals surface area contributed by atoms with E-state index in [0.29, 0.717) is 6.61 Å². The van der Waals surface area contributed by atoms with Crippen LogP contribution in [0.3, 0.4) is 0 Å². The van der Waals surface area contributed by atoms with E-state index in [9.17, 15) is 0 Å². The molecule has 0 radical (unpaired) electrons. The highest BCUT2D eigenvalue weighted by Gasteiger charge is 2.36. The number of ether oxygens (including phenoxy) is 1. The summed E-state index contributed by atoms with van der Waals surface area (Å²) in [6.45, 7) is 2.35. The van der Waals surface area contributed by atoms with Crippen LogP contribution in [0.15, 0.2) is 48.5 Å². The van der Waals surface area contributed by atoms with Gasteiger partial charge in [0.05, 0.1) is 6.61 Å². The van der Waals surface area contributed by atoms with Crippen LogP contribution in [0.2, 0.25) is 10.0 Å². The number of nitrogens with one attached hydrogen (secondary N) is 1. The molecule has 0 amide bonds. The standard InChI is InChI=1S/C17H17Cl2NO.ClH/c18-15-5-1-13(2-6-15)11-21-17(9-10-20-12-17)14-3-7-16(19)8-4-14;/h1-8,20H,9-12H2;1H. The van der Waals surface area contributed by atoms with Gasteiger partial charge in [-0.25, -0.2) is 0 Å². The van der Waals surface area contributed by atoms with Crippen LogP contribution in [-0.2, 0) is 16.9 Å². The summed E-state index contributed by atoms with van der Waals surface area (Å²) in [7, 11) is 0. The zero-order chi connectivity index (χ0) is 14.7. The van der Waals surface area contributed by atoms with Gasteiger partial charge in [0.2, 0.25) is 0 Å². The molecule has 0 spiro atoms. The zero-order valence-electron chi connectivity index (χ0n) is 12.0. The molecule has 1 atom stereocenters. The molecule has 1 unspecified atom stereocenters. The second-order valence-corrected chi connectivity index (χ2v) is 6.22. The van der Waals surface area contributed by atoms with Crippen LogP contribution >= 0.6 is 35.6 Å². The average molecular weight is 359 g/mol. The van der Waals surface area contributed by atoms with Crippen LogP contribution in [0.1, 0.15) is 17.5 Å². The first-order chi connectivity index (χ1) is 10.2. The maximum Gasteiger partial charge on any atom is 0.107 e. The molecule has 22 heavy (non-hydrogen) atoms. The molecule has 0 aliphatic carbocycles. The number of halogens is 3. The molecule has 0 bridgehead atoms. The first-order valence-electron chi connectivity index (χ1n) is 7.03. The molecule has 5 heteroatoms. The summed E-state index contributed by atoms with van der Waals surface area (Å²) < 4.78 is 6.29. The first kappa shape index (κ1) is 17.6. The Labute approximate surface area is 147 Å². The highest BCUT2D eigenvalue weighted by Crippen LogP contribution is 2.33. The monoisotopic (exact) mass is 357 g/mol. The third kappa shape index (κ3) is 3.95. The van der Waals surface area contributed by atoms with E-state index in [-0.39, 0.29) is 18.0 Å². The van der Waals surface area contributed by atoms with Gasteiger partial charge in [-0.15, -0.1) is 12.4 Å². The Kier molecular flexibility index (Phi) is 6.13. The summed E-state index contributed by atoms with van der Waals surface area (Å²) >= 11 is 11.9. The lowest BCUT2D eigenvalue weighted by Gasteiger charge is -2.29. The number of hydrogen-bond donors (Lipinski definition) is 1. The highest BCUT2D eigenvalue weighted by atomic mass is 35.5. The fourth-order valence-corrected chi connectivity index (χ4v) is 2.93. The molecule has 1 heterocycles. The summed E-state index contributed by atoms with van der Waals surface area (Å²) in [6.07, 6.45) is 0.961. The minimum atomic E-state index is -0.274. The quantitative estimate of drug-likeness (QED) is 0.846. The number of rotatable bonds is 4. The van der Waals surface area contributed by atoms with Gasteiger partial charge < -0.3 is 10.1 Å². The fourth-order valence-electron chi connectivity index (χ4n) is 2.68. The van der Waals surface area contributed by atoms with Crippen molar-refractivity contribution in [1.82, 2.24) is 5.32 Å². The van der Waals surface area contributed by atoms with Crippen LogP contribution in [0.5, 0.6) is 0 Å². The van der Waals surface area contributed by atoms with E-state index in [4.69, 9.17) is 27.9 Å². The van der Waals surface area contributed by atoms with Crippen molar-refractivity contribution in [3.8, 4) is 0 Å². The molecular weight excluding hydrogens is 341 g/mol. The van der Waals surface area contributed by atoms with Gasteiger partial charge in [-0.2, -0.15) is 0 Å². The maximum atomic E-state index is 6.29. The molecule has 118 valence electrons. The Hall–Kier alpha value is -0.770. The molecule has 1 aliphatic heterocycles. The summed E-state index contributed by atoms with van der Waals surface area (Å²) in [5.41, 5.74) is 2.02. The van der Waals surface area contributed by atoms with Gasteiger partial charge in [-0.3, -0.25) is 0 Å². The minimum absolute atomic E-state index is 0. The van der Waals surface area contributed by atoms with Crippen molar-refractivity contribution in [3.05, 3.63) is 69.7 Å². The fraction of sp³-hybridized carbons (Fsp3) is 0.294. The van der Waals surface area contributed by atoms with Crippen LogP contribution in [0.25, 0.3) is 0 Å². The van der Waals surface area contributed by atoms with Crippen LogP contribution in [0.4, 0.5) is 0 Å². The predicted octanol–water partition coefficient (Wildman–Crippen LogP) is 4.82. The Morgan fingerprint density at radius 3 is 2.09 bits per heavy atom. The Morgan fingerprint density at radius 2 is 1.55 bits per heavy atom. The van der Waals surface area contributed by atoms with E-state index in [1.165, 1.54) is 5.56 Å². The van der Waals surface area contributed by atoms with E-state index < -0.39 is 0 Å². The predicted molar refractivity (Wildman–Crippen MR) is 94.1 cm³/mol. The van der Waals surface area contributed by atoms with Gasteiger partial charge in [0.15, 0.2) is 0 Å². The molecule has 2 aromatic rings. The molecule has 0 aromatic heterocycles. The molecule has 1 N–H and O–H groups in total. The van der Waals surface area contributed by atoms with Crippen LogP contribution < -0.4 is 5.32 Å². The molecule has 2 aromatic carbocycles. The van der Waals surface area contributed by atoms with Crippen molar-refractivity contribution < 1.29 is 4.74 Å². The van der Waals surface area contributed by atoms with Gasteiger partial charge in [-0.05, 0) is 48.4 Å². The SMILES string of the molecule is Cl.Clc1ccc(COC2(c3ccc(Cl)cc3)CCNC2)cc1. The van der Waals surface area contributed by atoms with Crippen molar-refractivity contribution in [2.75, 3.05) is 13.1 Å². The largest absolute Gasteiger partial charge is 0.364 e. The molecule has 0 saturated carbocycles. The van der Waals surface area contributed by atoms with Crippen molar-refractivity contribution in [1.29, 1.82) is 0 Å². The normalized spacial score (nSPS) is 20.6. The van der Waals surface area contributed by atoms with E-state index in [1.54, 1.807) is 0 Å². The smallest absolute Gasteiger partial charge is 0.107 e. The first-order valence-corrected chi connectivity index (χ1v) is 7.79. The van der Waals surface area contributed by atoms with Crippen molar-refractivity contribution in [3.63, 3.8) is 0 Å². The molecule has 1 aliphatic rings. The zero-order valence-corrected chi connectivity index (χ0v) is 14.3. The van der Waals surface area contributed by atoms with Crippen LogP contribution in [-0.4, -0.2) is 13.1 Å². The van der Waals surface area contributed by atoms with Crippen molar-refractivity contribution >= 4 is 35.6 Å². The van der Waals surface area contributed by atoms with Gasteiger partial charge in [0.25, 0.3) is 0 Å². The highest BCUT2D eigenvalue weighted by molar-refractivity contribution is 6.30. The minimum Gasteiger partial charge on any atom is -0.364 e. The van der Waals surface area contributed by atoms with E-state index in [0.717, 1.165) is 35.1 Å². The number of hydrogen-bond acceptors (Lipinski definition) is 2. The third-order valence-electron chi connectivity index (χ3n) is 3.91. The average Bonchev–Trinajstić information content (AvgIpc) is 2.97. The molecule has 1 fully saturated rings. The topological polar surface area (TPSA) is 21.3 Å². The van der Waals surface area contributed by atoms with E-state index >= 15 is 0 Å². The summed E-state index contributed by atoms with van der Waals surface area (Å²) in [6, 6.07) is 15.7. The van der Waals surface area contributed by atoms with Crippen molar-refractivity contribution in [2.45, 2.75) is 18.6 Å². The van der Waals surface area contributed by atoms with E-state index in [2.05, 4.69) is 17.4 Å². The summed E-state index contributed by atoms with van der Waals surface area (Å²) in [4.78, 5) is 0. The lowest BCUT2D eigenvalue weighted by atomic mass is 9.92. The number of benzene rings is 2. The molecule has 1 saturated heterocycles. The van der Waals surface area contributed by atoms with Gasteiger partial charge in [-0.1, -0.05) is 47.5 Å². The summed E-state index contributed by atoms with van der Waals surface area (Å²) in [5, 5.41) is 4.88. The summed E-state index contributed by atoms with van der Waals surface area (Å²) in [5.74, 6) is 0. The Balaban J connectivity index is 0.00000176. The third-order valence-corrected chi connectivity index (χ3v) is 4.42. The molecular formula is C17H18Cl3NO. The Bertz CT molecular complexity index is 592. The maximum absolute atomic E-state index is 6.29. The lowest BCUT2D eigenvalue weighted by molar-refractivity contribution is -0.0470. The van der Waals surface area contributed by atoms with Gasteiger partial charge in [0.1, 0.15) is 5.60 Å². The van der Waals surface area contributed by atoms with E-state index in [1.807, 2.05) is 36.4 Å². The lowest BCUT2D eigenvalue weighted by Crippen LogP contribution is -2.32.